The lowest BCUT2D eigenvalue weighted by molar-refractivity contribution is -0.150. The molecule has 0 spiro atoms. The maximum absolute atomic E-state index is 14.5. The van der Waals surface area contributed by atoms with Crippen LogP contribution in [0.25, 0.3) is 0 Å². The molecule has 3 atom stereocenters. The van der Waals surface area contributed by atoms with E-state index in [1.807, 2.05) is 0 Å². The molecule has 0 aliphatic carbocycles. The molecule has 0 aliphatic heterocycles. The lowest BCUT2D eigenvalue weighted by Crippen LogP contribution is -2.34. The van der Waals surface area contributed by atoms with Crippen LogP contribution in [-0.4, -0.2) is 18.1 Å². The summed E-state index contributed by atoms with van der Waals surface area (Å²) < 4.78 is 33.1. The summed E-state index contributed by atoms with van der Waals surface area (Å²) in [7, 11) is 0. The van der Waals surface area contributed by atoms with Crippen LogP contribution in [-0.2, 0) is 9.53 Å². The number of halogens is 2. The van der Waals surface area contributed by atoms with Gasteiger partial charge in [-0.25, -0.2) is 8.78 Å². The Labute approximate surface area is 140 Å². The minimum atomic E-state index is -0.774. The number of carbonyl (C=O) groups is 1. The molecule has 2 aromatic carbocycles. The molecule has 128 valence electrons. The number of benzene rings is 2. The Bertz CT molecular complexity index is 714. The number of rotatable bonds is 5. The molecule has 0 amide bonds. The molecule has 0 unspecified atom stereocenters. The molecule has 2 aromatic rings. The number of ether oxygens (including phenoxy) is 1. The van der Waals surface area contributed by atoms with Crippen molar-refractivity contribution in [3.05, 3.63) is 70.8 Å². The predicted molar refractivity (Wildman–Crippen MR) is 88.6 cm³/mol. The van der Waals surface area contributed by atoms with Crippen molar-refractivity contribution >= 4 is 5.97 Å². The van der Waals surface area contributed by atoms with E-state index >= 15 is 0 Å². The fraction of sp³-hybridized carbons (Fsp3) is 0.316. The zero-order valence-corrected chi connectivity index (χ0v) is 13.9. The number of hydrogen-bond donors (Lipinski definition) is 1. The van der Waals surface area contributed by atoms with Crippen molar-refractivity contribution in [2.75, 3.05) is 0 Å². The Balaban J connectivity index is 2.44. The Morgan fingerprint density at radius 3 is 2.25 bits per heavy atom. The first-order valence-electron chi connectivity index (χ1n) is 7.77. The van der Waals surface area contributed by atoms with E-state index in [-0.39, 0.29) is 5.82 Å². The van der Waals surface area contributed by atoms with Crippen LogP contribution in [0.3, 0.4) is 0 Å². The fourth-order valence-corrected chi connectivity index (χ4v) is 2.62. The molecule has 2 N–H and O–H groups in total. The van der Waals surface area contributed by atoms with Gasteiger partial charge in [0, 0.05) is 5.92 Å². The van der Waals surface area contributed by atoms with E-state index in [4.69, 9.17) is 10.5 Å². The molecular weight excluding hydrogens is 312 g/mol. The molecule has 0 radical (unpaired) electrons. The normalized spacial score (nSPS) is 14.8. The van der Waals surface area contributed by atoms with Crippen LogP contribution in [0.5, 0.6) is 0 Å². The SMILES string of the molecule is Cc1ccc([C@@H](c2ccc(F)cc2)[C@H](C)OC(=O)[C@H](C)N)c(F)c1. The zero-order chi connectivity index (χ0) is 17.9. The summed E-state index contributed by atoms with van der Waals surface area (Å²) in [6.07, 6.45) is -0.661. The van der Waals surface area contributed by atoms with Crippen LogP contribution in [0, 0.1) is 18.6 Å². The van der Waals surface area contributed by atoms with Gasteiger partial charge in [-0.1, -0.05) is 24.3 Å². The van der Waals surface area contributed by atoms with Gasteiger partial charge in [-0.2, -0.15) is 0 Å². The maximum Gasteiger partial charge on any atom is 0.322 e. The Kier molecular flexibility index (Phi) is 5.67. The first-order chi connectivity index (χ1) is 11.3. The smallest absolute Gasteiger partial charge is 0.322 e. The summed E-state index contributed by atoms with van der Waals surface area (Å²) >= 11 is 0. The molecule has 2 rings (SSSR count). The van der Waals surface area contributed by atoms with Gasteiger partial charge >= 0.3 is 5.97 Å². The van der Waals surface area contributed by atoms with Crippen molar-refractivity contribution < 1.29 is 18.3 Å². The molecule has 0 aromatic heterocycles. The number of carbonyl (C=O) groups excluding carboxylic acids is 1. The predicted octanol–water partition coefficient (Wildman–Crippen LogP) is 3.68. The van der Waals surface area contributed by atoms with Crippen molar-refractivity contribution in [3.8, 4) is 0 Å². The number of nitrogens with two attached hydrogens (primary N) is 1. The van der Waals surface area contributed by atoms with Crippen LogP contribution < -0.4 is 5.73 Å². The topological polar surface area (TPSA) is 52.3 Å². The highest BCUT2D eigenvalue weighted by Crippen LogP contribution is 2.32. The molecule has 0 aliphatic rings. The fourth-order valence-electron chi connectivity index (χ4n) is 2.62. The van der Waals surface area contributed by atoms with Crippen LogP contribution in [0.1, 0.15) is 36.5 Å². The highest BCUT2D eigenvalue weighted by Gasteiger charge is 2.28. The monoisotopic (exact) mass is 333 g/mol. The molecule has 0 saturated carbocycles. The van der Waals surface area contributed by atoms with E-state index in [9.17, 15) is 13.6 Å². The van der Waals surface area contributed by atoms with Crippen LogP contribution in [0.2, 0.25) is 0 Å². The first-order valence-corrected chi connectivity index (χ1v) is 7.77. The Morgan fingerprint density at radius 2 is 1.71 bits per heavy atom. The van der Waals surface area contributed by atoms with Crippen LogP contribution in [0.4, 0.5) is 8.78 Å². The van der Waals surface area contributed by atoms with Gasteiger partial charge in [0.25, 0.3) is 0 Å². The molecule has 24 heavy (non-hydrogen) atoms. The van der Waals surface area contributed by atoms with Crippen LogP contribution in [0.15, 0.2) is 42.5 Å². The van der Waals surface area contributed by atoms with Gasteiger partial charge in [0.2, 0.25) is 0 Å². The summed E-state index contributed by atoms with van der Waals surface area (Å²) in [5.41, 5.74) is 7.36. The van der Waals surface area contributed by atoms with E-state index in [2.05, 4.69) is 0 Å². The van der Waals surface area contributed by atoms with Gasteiger partial charge < -0.3 is 10.5 Å². The van der Waals surface area contributed by atoms with Gasteiger partial charge in [0.1, 0.15) is 23.8 Å². The summed E-state index contributed by atoms with van der Waals surface area (Å²) in [5, 5.41) is 0. The molecular formula is C19H21F2NO2. The molecule has 0 bridgehead atoms. The molecule has 3 nitrogen and oxygen atoms in total. The van der Waals surface area contributed by atoms with E-state index in [1.165, 1.54) is 25.1 Å². The third kappa shape index (κ3) is 4.17. The minimum Gasteiger partial charge on any atom is -0.461 e. The van der Waals surface area contributed by atoms with Crippen molar-refractivity contribution in [1.29, 1.82) is 0 Å². The average Bonchev–Trinajstić information content (AvgIpc) is 2.51. The Morgan fingerprint density at radius 1 is 1.08 bits per heavy atom. The molecule has 5 heteroatoms. The molecule has 0 heterocycles. The van der Waals surface area contributed by atoms with Gasteiger partial charge in [-0.3, -0.25) is 4.79 Å². The van der Waals surface area contributed by atoms with Crippen LogP contribution >= 0.6 is 0 Å². The van der Waals surface area contributed by atoms with Crippen molar-refractivity contribution in [3.63, 3.8) is 0 Å². The minimum absolute atomic E-state index is 0.386. The van der Waals surface area contributed by atoms with E-state index in [0.717, 1.165) is 5.56 Å². The van der Waals surface area contributed by atoms with E-state index < -0.39 is 29.9 Å². The third-order valence-electron chi connectivity index (χ3n) is 3.86. The summed E-state index contributed by atoms with van der Waals surface area (Å²) in [6.45, 7) is 4.99. The van der Waals surface area contributed by atoms with Crippen molar-refractivity contribution in [2.45, 2.75) is 38.8 Å². The van der Waals surface area contributed by atoms with Gasteiger partial charge in [-0.05, 0) is 55.7 Å². The van der Waals surface area contributed by atoms with E-state index in [0.29, 0.717) is 11.1 Å². The van der Waals surface area contributed by atoms with Gasteiger partial charge in [-0.15, -0.1) is 0 Å². The second-order valence-corrected chi connectivity index (χ2v) is 5.98. The van der Waals surface area contributed by atoms with Crippen molar-refractivity contribution in [2.24, 2.45) is 5.73 Å². The standard InChI is InChI=1S/C19H21F2NO2/c1-11-4-9-16(17(21)10-11)18(13(3)24-19(23)12(2)22)14-5-7-15(20)8-6-14/h4-10,12-13,18H,22H2,1-3H3/t12-,13-,18+/m0/s1. The largest absolute Gasteiger partial charge is 0.461 e. The van der Waals surface area contributed by atoms with Gasteiger partial charge in [0.05, 0.1) is 0 Å². The quantitative estimate of drug-likeness (QED) is 0.849. The number of aryl methyl sites for hydroxylation is 1. The average molecular weight is 333 g/mol. The lowest BCUT2D eigenvalue weighted by atomic mass is 9.86. The first kappa shape index (κ1) is 18.1. The summed E-state index contributed by atoms with van der Waals surface area (Å²) in [6, 6.07) is 9.83. The highest BCUT2D eigenvalue weighted by molar-refractivity contribution is 5.75. The molecule has 0 fully saturated rings. The number of esters is 1. The second-order valence-electron chi connectivity index (χ2n) is 5.98. The summed E-state index contributed by atoms with van der Waals surface area (Å²) in [4.78, 5) is 11.8. The lowest BCUT2D eigenvalue weighted by Gasteiger charge is -2.26. The van der Waals surface area contributed by atoms with Gasteiger partial charge in [0.15, 0.2) is 0 Å². The summed E-state index contributed by atoms with van der Waals surface area (Å²) in [5.74, 6) is -1.91. The maximum atomic E-state index is 14.5. The zero-order valence-electron chi connectivity index (χ0n) is 13.9. The second kappa shape index (κ2) is 7.53. The van der Waals surface area contributed by atoms with Crippen molar-refractivity contribution in [1.82, 2.24) is 0 Å². The number of hydrogen-bond acceptors (Lipinski definition) is 3. The third-order valence-corrected chi connectivity index (χ3v) is 3.86. The Hall–Kier alpha value is -2.27. The molecule has 0 saturated heterocycles. The van der Waals surface area contributed by atoms with E-state index in [1.54, 1.807) is 38.1 Å². The highest BCUT2D eigenvalue weighted by atomic mass is 19.1.